The fourth-order valence-corrected chi connectivity index (χ4v) is 4.51. The van der Waals surface area contributed by atoms with Crippen LogP contribution in [0.1, 0.15) is 68.6 Å². The zero-order valence-corrected chi connectivity index (χ0v) is 21.2. The van der Waals surface area contributed by atoms with Crippen molar-refractivity contribution in [3.63, 3.8) is 0 Å². The monoisotopic (exact) mass is 485 g/mol. The van der Waals surface area contributed by atoms with Crippen LogP contribution in [0, 0.1) is 0 Å². The van der Waals surface area contributed by atoms with Crippen molar-refractivity contribution >= 4 is 46.4 Å². The number of ketones is 1. The summed E-state index contributed by atoms with van der Waals surface area (Å²) < 4.78 is 0. The predicted octanol–water partition coefficient (Wildman–Crippen LogP) is 6.56. The van der Waals surface area contributed by atoms with E-state index in [-0.39, 0.29) is 33.8 Å². The molecule has 3 rings (SSSR count). The van der Waals surface area contributed by atoms with Gasteiger partial charge in [0.25, 0.3) is 11.1 Å². The van der Waals surface area contributed by atoms with Crippen LogP contribution in [0.2, 0.25) is 5.02 Å². The van der Waals surface area contributed by atoms with Gasteiger partial charge in [-0.05, 0) is 70.6 Å². The number of benzene rings is 2. The molecular weight excluding hydrogens is 458 g/mol. The molecule has 0 bridgehead atoms. The largest absolute Gasteiger partial charge is 0.507 e. The Hall–Kier alpha value is -2.57. The fraction of sp³-hybridized carbons (Fsp3) is 0.346. The molecular formula is C26H28ClNO4S. The average Bonchev–Trinajstić information content (AvgIpc) is 2.95. The second kappa shape index (κ2) is 8.99. The molecule has 1 aliphatic rings. The lowest BCUT2D eigenvalue weighted by Gasteiger charge is -2.28. The lowest BCUT2D eigenvalue weighted by molar-refractivity contribution is -0.122. The van der Waals surface area contributed by atoms with Crippen LogP contribution >= 0.6 is 23.4 Å². The van der Waals surface area contributed by atoms with E-state index in [4.69, 9.17) is 11.6 Å². The number of amides is 2. The van der Waals surface area contributed by atoms with E-state index in [1.807, 2.05) is 53.7 Å². The first kappa shape index (κ1) is 25.1. The Labute approximate surface area is 203 Å². The number of carbonyl (C=O) groups is 3. The van der Waals surface area contributed by atoms with Crippen LogP contribution in [0.4, 0.5) is 4.79 Å². The summed E-state index contributed by atoms with van der Waals surface area (Å²) in [7, 11) is 0. The maximum atomic E-state index is 13.0. The summed E-state index contributed by atoms with van der Waals surface area (Å²) in [6.45, 7) is 11.7. The van der Waals surface area contributed by atoms with E-state index < -0.39 is 11.1 Å². The quantitative estimate of drug-likeness (QED) is 0.392. The third kappa shape index (κ3) is 5.50. The summed E-state index contributed by atoms with van der Waals surface area (Å²) in [5, 5.41) is 10.9. The molecule has 0 aromatic heterocycles. The third-order valence-electron chi connectivity index (χ3n) is 5.39. The van der Waals surface area contributed by atoms with Crippen molar-refractivity contribution in [2.45, 2.75) is 52.4 Å². The molecule has 0 atom stereocenters. The summed E-state index contributed by atoms with van der Waals surface area (Å²) in [4.78, 5) is 39.3. The van der Waals surface area contributed by atoms with E-state index >= 15 is 0 Å². The molecule has 2 aromatic carbocycles. The number of aromatic hydroxyl groups is 1. The Bertz CT molecular complexity index is 1120. The van der Waals surface area contributed by atoms with Crippen molar-refractivity contribution in [2.75, 3.05) is 6.54 Å². The molecule has 0 radical (unpaired) electrons. The van der Waals surface area contributed by atoms with Gasteiger partial charge >= 0.3 is 0 Å². The SMILES string of the molecule is CC(C)(C)c1cc(/C=C2\SC(=O)N(CC(=O)c3ccc(Cl)cc3)C2=O)cc(C(C)(C)C)c1O. The van der Waals surface area contributed by atoms with Gasteiger partial charge in [0.15, 0.2) is 5.78 Å². The van der Waals surface area contributed by atoms with Gasteiger partial charge < -0.3 is 5.11 Å². The van der Waals surface area contributed by atoms with Crippen molar-refractivity contribution in [1.29, 1.82) is 0 Å². The molecule has 0 saturated carbocycles. The minimum Gasteiger partial charge on any atom is -0.507 e. The lowest BCUT2D eigenvalue weighted by Crippen LogP contribution is -2.33. The van der Waals surface area contributed by atoms with Crippen LogP contribution in [0.15, 0.2) is 41.3 Å². The minimum atomic E-state index is -0.505. The standard InChI is InChI=1S/C26H28ClNO4S/c1-25(2,3)18-11-15(12-19(22(18)30)26(4,5)6)13-21-23(31)28(24(32)33-21)14-20(29)16-7-9-17(27)10-8-16/h7-13,30H,14H2,1-6H3/b21-13-. The summed E-state index contributed by atoms with van der Waals surface area (Å²) in [6.07, 6.45) is 1.65. The van der Waals surface area contributed by atoms with Gasteiger partial charge in [-0.1, -0.05) is 53.1 Å². The van der Waals surface area contributed by atoms with Gasteiger partial charge in [-0.15, -0.1) is 0 Å². The van der Waals surface area contributed by atoms with Crippen LogP contribution in [-0.4, -0.2) is 33.5 Å². The van der Waals surface area contributed by atoms with E-state index in [1.165, 1.54) is 0 Å². The van der Waals surface area contributed by atoms with Gasteiger partial charge in [-0.25, -0.2) is 0 Å². The van der Waals surface area contributed by atoms with Gasteiger partial charge in [-0.2, -0.15) is 0 Å². The Morgan fingerprint density at radius 2 is 1.52 bits per heavy atom. The van der Waals surface area contributed by atoms with E-state index in [1.54, 1.807) is 30.3 Å². The molecule has 33 heavy (non-hydrogen) atoms. The number of imide groups is 1. The van der Waals surface area contributed by atoms with Gasteiger partial charge in [-0.3, -0.25) is 19.3 Å². The Morgan fingerprint density at radius 1 is 1.00 bits per heavy atom. The van der Waals surface area contributed by atoms with Gasteiger partial charge in [0.1, 0.15) is 5.75 Å². The molecule has 174 valence electrons. The normalized spacial score (nSPS) is 16.1. The molecule has 2 aromatic rings. The molecule has 1 saturated heterocycles. The molecule has 1 fully saturated rings. The Balaban J connectivity index is 1.94. The molecule has 1 heterocycles. The average molecular weight is 486 g/mol. The topological polar surface area (TPSA) is 74.7 Å². The van der Waals surface area contributed by atoms with E-state index in [0.717, 1.165) is 33.4 Å². The highest BCUT2D eigenvalue weighted by molar-refractivity contribution is 8.18. The summed E-state index contributed by atoms with van der Waals surface area (Å²) >= 11 is 6.67. The van der Waals surface area contributed by atoms with Crippen LogP contribution in [-0.2, 0) is 15.6 Å². The molecule has 5 nitrogen and oxygen atoms in total. The fourth-order valence-electron chi connectivity index (χ4n) is 3.54. The first-order valence-electron chi connectivity index (χ1n) is 10.6. The van der Waals surface area contributed by atoms with Gasteiger partial charge in [0.05, 0.1) is 11.4 Å². The van der Waals surface area contributed by atoms with Crippen molar-refractivity contribution < 1.29 is 19.5 Å². The van der Waals surface area contributed by atoms with E-state index in [2.05, 4.69) is 0 Å². The summed E-state index contributed by atoms with van der Waals surface area (Å²) in [5.74, 6) is -0.603. The number of hydrogen-bond donors (Lipinski definition) is 1. The second-order valence-corrected chi connectivity index (χ2v) is 11.6. The number of hydrogen-bond acceptors (Lipinski definition) is 5. The molecule has 0 spiro atoms. The highest BCUT2D eigenvalue weighted by atomic mass is 35.5. The van der Waals surface area contributed by atoms with Crippen LogP contribution in [0.5, 0.6) is 5.75 Å². The molecule has 1 N–H and O–H groups in total. The van der Waals surface area contributed by atoms with Crippen molar-refractivity contribution in [2.24, 2.45) is 0 Å². The van der Waals surface area contributed by atoms with Crippen molar-refractivity contribution in [1.82, 2.24) is 4.90 Å². The minimum absolute atomic E-state index is 0.244. The maximum Gasteiger partial charge on any atom is 0.293 e. The first-order valence-corrected chi connectivity index (χ1v) is 11.8. The number of phenolic OH excluding ortho intramolecular Hbond substituents is 1. The number of carbonyl (C=O) groups excluding carboxylic acids is 3. The van der Waals surface area contributed by atoms with Gasteiger partial charge in [0.2, 0.25) is 0 Å². The van der Waals surface area contributed by atoms with Crippen LogP contribution in [0.25, 0.3) is 6.08 Å². The van der Waals surface area contributed by atoms with E-state index in [0.29, 0.717) is 10.6 Å². The van der Waals surface area contributed by atoms with Crippen LogP contribution in [0.3, 0.4) is 0 Å². The highest BCUT2D eigenvalue weighted by Crippen LogP contribution is 2.41. The zero-order chi connectivity index (χ0) is 24.7. The van der Waals surface area contributed by atoms with Crippen LogP contribution < -0.4 is 0 Å². The van der Waals surface area contributed by atoms with Crippen molar-refractivity contribution in [3.05, 3.63) is 68.6 Å². The molecule has 2 amide bonds. The van der Waals surface area contributed by atoms with Crippen molar-refractivity contribution in [3.8, 4) is 5.75 Å². The number of thioether (sulfide) groups is 1. The van der Waals surface area contributed by atoms with E-state index in [9.17, 15) is 19.5 Å². The number of rotatable bonds is 4. The highest BCUT2D eigenvalue weighted by Gasteiger charge is 2.36. The Kier molecular flexibility index (Phi) is 6.83. The summed E-state index contributed by atoms with van der Waals surface area (Å²) in [5.41, 5.74) is 1.98. The Morgan fingerprint density at radius 3 is 2.00 bits per heavy atom. The number of phenols is 1. The predicted molar refractivity (Wildman–Crippen MR) is 134 cm³/mol. The molecule has 0 aliphatic carbocycles. The summed E-state index contributed by atoms with van der Waals surface area (Å²) in [6, 6.07) is 10.0. The molecule has 1 aliphatic heterocycles. The van der Waals surface area contributed by atoms with Gasteiger partial charge in [0, 0.05) is 21.7 Å². The zero-order valence-electron chi connectivity index (χ0n) is 19.7. The number of nitrogens with zero attached hydrogens (tertiary/aromatic N) is 1. The maximum absolute atomic E-state index is 13.0. The third-order valence-corrected chi connectivity index (χ3v) is 6.55. The lowest BCUT2D eigenvalue weighted by atomic mass is 9.78. The molecule has 0 unspecified atom stereocenters. The number of halogens is 1. The second-order valence-electron chi connectivity index (χ2n) is 10.2. The first-order chi connectivity index (χ1) is 15.2. The number of Topliss-reactive ketones (excluding diaryl/α,β-unsaturated/α-hetero) is 1. The molecule has 7 heteroatoms. The smallest absolute Gasteiger partial charge is 0.293 e.